The van der Waals surface area contributed by atoms with Crippen molar-refractivity contribution in [2.45, 2.75) is 6.54 Å². The molecule has 0 aliphatic carbocycles. The van der Waals surface area contributed by atoms with Crippen molar-refractivity contribution >= 4 is 56.3 Å². The first-order chi connectivity index (χ1) is 18.7. The summed E-state index contributed by atoms with van der Waals surface area (Å²) in [5.74, 6) is -1.50. The summed E-state index contributed by atoms with van der Waals surface area (Å²) in [6.45, 7) is 0.0842. The van der Waals surface area contributed by atoms with Gasteiger partial charge < -0.3 is 30.6 Å². The van der Waals surface area contributed by atoms with Crippen LogP contribution in [0.15, 0.2) is 72.8 Å². The van der Waals surface area contributed by atoms with Crippen LogP contribution in [0.4, 0.5) is 15.8 Å². The van der Waals surface area contributed by atoms with Crippen molar-refractivity contribution in [2.24, 2.45) is 11.5 Å². The van der Waals surface area contributed by atoms with Crippen LogP contribution in [-0.2, 0) is 17.8 Å². The zero-order valence-electron chi connectivity index (χ0n) is 20.7. The fourth-order valence-corrected chi connectivity index (χ4v) is 4.97. The van der Waals surface area contributed by atoms with Gasteiger partial charge in [-0.15, -0.1) is 0 Å². The summed E-state index contributed by atoms with van der Waals surface area (Å²) in [5, 5.41) is 4.29. The molecule has 0 saturated heterocycles. The van der Waals surface area contributed by atoms with Crippen molar-refractivity contribution in [1.29, 1.82) is 0 Å². The summed E-state index contributed by atoms with van der Waals surface area (Å²) in [4.78, 5) is 28.4. The second-order valence-corrected chi connectivity index (χ2v) is 9.82. The van der Waals surface area contributed by atoms with Crippen molar-refractivity contribution < 1.29 is 22.7 Å². The van der Waals surface area contributed by atoms with E-state index in [0.717, 1.165) is 20.8 Å². The van der Waals surface area contributed by atoms with Crippen LogP contribution in [0.2, 0.25) is 0 Å². The summed E-state index contributed by atoms with van der Waals surface area (Å²) < 4.78 is 37.3. The molecule has 0 aliphatic rings. The monoisotopic (exact) mass is 544 g/mol. The molecule has 0 aliphatic heterocycles. The molecule has 0 saturated carbocycles. The third-order valence-corrected chi connectivity index (χ3v) is 7.27. The van der Waals surface area contributed by atoms with Gasteiger partial charge in [-0.05, 0) is 65.2 Å². The Kier molecular flexibility index (Phi) is 6.87. The number of aromatic amines is 1. The maximum Gasteiger partial charge on any atom is 0.255 e. The fraction of sp³-hybridized carbons (Fsp3) is 0.0714. The largest absolute Gasteiger partial charge is 0.755 e. The van der Waals surface area contributed by atoms with Gasteiger partial charge >= 0.3 is 0 Å². The average Bonchev–Trinajstić information content (AvgIpc) is 3.31. The molecule has 5 aromatic rings. The van der Waals surface area contributed by atoms with Crippen LogP contribution >= 0.6 is 0 Å². The Balaban J connectivity index is 1.69. The number of rotatable bonds is 7. The molecule has 1 heterocycles. The van der Waals surface area contributed by atoms with E-state index < -0.39 is 28.9 Å². The maximum absolute atomic E-state index is 13.3. The molecule has 4 aromatic carbocycles. The number of aromatic nitrogens is 1. The van der Waals surface area contributed by atoms with Crippen molar-refractivity contribution in [1.82, 2.24) is 4.98 Å². The van der Waals surface area contributed by atoms with Crippen molar-refractivity contribution in [3.05, 3.63) is 95.3 Å². The van der Waals surface area contributed by atoms with Gasteiger partial charge in [0.25, 0.3) is 11.8 Å². The van der Waals surface area contributed by atoms with Crippen LogP contribution in [0.1, 0.15) is 26.3 Å². The summed E-state index contributed by atoms with van der Waals surface area (Å²) in [7, 11) is 1.42. The molecule has 5 rings (SSSR count). The number of H-pyrrole nitrogens is 1. The Morgan fingerprint density at radius 3 is 2.46 bits per heavy atom. The predicted octanol–water partition coefficient (Wildman–Crippen LogP) is 4.17. The topological polar surface area (TPSA) is 157 Å². The summed E-state index contributed by atoms with van der Waals surface area (Å²) in [6.07, 6.45) is 0. The van der Waals surface area contributed by atoms with E-state index in [1.165, 1.54) is 31.3 Å². The van der Waals surface area contributed by atoms with E-state index in [4.69, 9.17) is 11.5 Å². The molecule has 6 N–H and O–H groups in total. The first kappa shape index (κ1) is 26.0. The Morgan fingerprint density at radius 1 is 1.05 bits per heavy atom. The first-order valence-electron chi connectivity index (χ1n) is 11.8. The van der Waals surface area contributed by atoms with Gasteiger partial charge in [0.15, 0.2) is 0 Å². The van der Waals surface area contributed by atoms with Crippen molar-refractivity contribution in [3.8, 4) is 11.1 Å². The van der Waals surface area contributed by atoms with Crippen LogP contribution in [-0.4, -0.2) is 32.6 Å². The van der Waals surface area contributed by atoms with E-state index in [1.807, 2.05) is 6.07 Å². The Hall–Kier alpha value is -4.58. The predicted molar refractivity (Wildman–Crippen MR) is 149 cm³/mol. The molecule has 1 unspecified atom stereocenters. The lowest BCUT2D eigenvalue weighted by molar-refractivity contribution is 0.0998. The smallest absolute Gasteiger partial charge is 0.255 e. The number of hydrogen-bond acceptors (Lipinski definition) is 5. The van der Waals surface area contributed by atoms with Gasteiger partial charge in [-0.3, -0.25) is 13.8 Å². The molecule has 0 spiro atoms. The zero-order valence-corrected chi connectivity index (χ0v) is 21.5. The number of hydrogen-bond donors (Lipinski definition) is 4. The number of nitrogens with two attached hydrogens (primary N) is 2. The Morgan fingerprint density at radius 2 is 1.79 bits per heavy atom. The summed E-state index contributed by atoms with van der Waals surface area (Å²) >= 11 is -2.47. The summed E-state index contributed by atoms with van der Waals surface area (Å²) in [5.41, 5.74) is 16.5. The number of anilines is 2. The van der Waals surface area contributed by atoms with E-state index >= 15 is 0 Å². The number of benzene rings is 4. The quantitative estimate of drug-likeness (QED) is 0.226. The molecule has 1 aromatic heterocycles. The molecular formula is C28H23FN5O4S-. The van der Waals surface area contributed by atoms with E-state index in [1.54, 1.807) is 42.5 Å². The average molecular weight is 545 g/mol. The lowest BCUT2D eigenvalue weighted by atomic mass is 9.92. The molecule has 0 bridgehead atoms. The van der Waals surface area contributed by atoms with Crippen LogP contribution in [0, 0.1) is 5.82 Å². The number of halogens is 1. The Bertz CT molecular complexity index is 1790. The van der Waals surface area contributed by atoms with Crippen LogP contribution in [0.3, 0.4) is 0 Å². The number of primary amides is 1. The minimum Gasteiger partial charge on any atom is -0.755 e. The van der Waals surface area contributed by atoms with Crippen LogP contribution in [0.5, 0.6) is 0 Å². The van der Waals surface area contributed by atoms with Gasteiger partial charge in [0, 0.05) is 58.1 Å². The third-order valence-electron chi connectivity index (χ3n) is 6.62. The second-order valence-electron chi connectivity index (χ2n) is 8.84. The summed E-state index contributed by atoms with van der Waals surface area (Å²) in [6, 6.07) is 19.0. The van der Waals surface area contributed by atoms with Gasteiger partial charge in [-0.1, -0.05) is 24.3 Å². The van der Waals surface area contributed by atoms with E-state index in [-0.39, 0.29) is 17.7 Å². The van der Waals surface area contributed by atoms with Crippen molar-refractivity contribution in [2.75, 3.05) is 16.7 Å². The minimum atomic E-state index is -2.47. The molecule has 0 fully saturated rings. The SMILES string of the molecule is CN(c1ccc2c(c1)[nH]c1c(C(N)=O)ccc(-c3cccc(NC(=O)c4ccc(F)cc4)c3CN)c12)S(=O)[O-]. The van der Waals surface area contributed by atoms with E-state index in [2.05, 4.69) is 10.3 Å². The number of nitrogens with one attached hydrogen (secondary N) is 2. The van der Waals surface area contributed by atoms with Crippen LogP contribution in [0.25, 0.3) is 32.9 Å². The van der Waals surface area contributed by atoms with E-state index in [0.29, 0.717) is 33.4 Å². The standard InChI is InChI=1S/C28H24FN5O4S/c1-34(39(37)38)17-9-10-20-24(13-17)32-26-21(27(31)35)12-11-19(25(20)26)18-3-2-4-23(22(18)14-30)33-28(36)15-5-7-16(29)8-6-15/h2-13,32H,14,30H2,1H3,(H2,31,35)(H,33,36)(H,37,38)/p-1. The highest BCUT2D eigenvalue weighted by atomic mass is 32.2. The van der Waals surface area contributed by atoms with E-state index in [9.17, 15) is 22.7 Å². The zero-order chi connectivity index (χ0) is 27.8. The number of fused-ring (bicyclic) bond motifs is 3. The number of carbonyl (C=O) groups is 2. The number of carbonyl (C=O) groups excluding carboxylic acids is 2. The lowest BCUT2D eigenvalue weighted by Gasteiger charge is -2.21. The minimum absolute atomic E-state index is 0.0842. The molecule has 9 nitrogen and oxygen atoms in total. The molecule has 198 valence electrons. The third kappa shape index (κ3) is 4.74. The first-order valence-corrected chi connectivity index (χ1v) is 12.8. The molecule has 1 atom stereocenters. The molecule has 11 heteroatoms. The van der Waals surface area contributed by atoms with Crippen LogP contribution < -0.4 is 21.1 Å². The van der Waals surface area contributed by atoms with Gasteiger partial charge in [0.1, 0.15) is 5.82 Å². The maximum atomic E-state index is 13.3. The normalized spacial score (nSPS) is 12.0. The highest BCUT2D eigenvalue weighted by Crippen LogP contribution is 2.40. The Labute approximate surface area is 225 Å². The highest BCUT2D eigenvalue weighted by Gasteiger charge is 2.20. The van der Waals surface area contributed by atoms with Gasteiger partial charge in [0.05, 0.1) is 11.1 Å². The number of nitrogens with zero attached hydrogens (tertiary/aromatic N) is 1. The molecule has 2 amide bonds. The highest BCUT2D eigenvalue weighted by molar-refractivity contribution is 7.80. The second kappa shape index (κ2) is 10.3. The molecule has 39 heavy (non-hydrogen) atoms. The molecule has 0 radical (unpaired) electrons. The van der Waals surface area contributed by atoms with Gasteiger partial charge in [0.2, 0.25) is 0 Å². The fourth-order valence-electron chi connectivity index (χ4n) is 4.68. The van der Waals surface area contributed by atoms with Gasteiger partial charge in [-0.25, -0.2) is 4.39 Å². The lowest BCUT2D eigenvalue weighted by Crippen LogP contribution is -2.19. The molecular weight excluding hydrogens is 521 g/mol. The van der Waals surface area contributed by atoms with Crippen molar-refractivity contribution in [3.63, 3.8) is 0 Å². The van der Waals surface area contributed by atoms with Gasteiger partial charge in [-0.2, -0.15) is 0 Å². The number of amides is 2.